The van der Waals surface area contributed by atoms with Crippen LogP contribution in [0.4, 0.5) is 5.69 Å². The minimum atomic E-state index is -2.44. The van der Waals surface area contributed by atoms with E-state index in [9.17, 15) is 35.1 Å². The van der Waals surface area contributed by atoms with E-state index in [0.29, 0.717) is 47.3 Å². The number of carbonyl (C=O) groups excluding carboxylic acids is 4. The van der Waals surface area contributed by atoms with Crippen LogP contribution < -0.4 is 52.4 Å². The third-order valence-corrected chi connectivity index (χ3v) is 21.2. The predicted octanol–water partition coefficient (Wildman–Crippen LogP) is 0.992. The van der Waals surface area contributed by atoms with Crippen LogP contribution in [0.15, 0.2) is 83.7 Å². The Balaban J connectivity index is 1.04. The second kappa shape index (κ2) is 24.3. The molecule has 4 fully saturated rings. The summed E-state index contributed by atoms with van der Waals surface area (Å²) in [5.74, 6) is 2.13. The van der Waals surface area contributed by atoms with Gasteiger partial charge in [0.25, 0.3) is 0 Å². The molecule has 1 saturated carbocycles. The van der Waals surface area contributed by atoms with Gasteiger partial charge in [0.2, 0.25) is 12.2 Å². The van der Waals surface area contributed by atoms with E-state index in [0.717, 1.165) is 36.8 Å². The molecular formula is C62H72N8O14S2. The maximum absolute atomic E-state index is 15.6. The Kier molecular flexibility index (Phi) is 16.7. The number of aliphatic hydroxyl groups is 5. The number of ether oxygens (including phenoxy) is 5. The number of amides is 1. The Labute approximate surface area is 504 Å². The van der Waals surface area contributed by atoms with Crippen LogP contribution in [-0.2, 0) is 30.4 Å². The SMILES string of the molecule is NC1=C2C(=CCN1)C(COC13CSSCC4C#CC(O)(C5COCC(CCC4O)C(c4ccccc4N4CNC6C(=O)NC(N)NC64)c4cc6c(c(OCC(O)CC=O)c4OC1O5)C(=O)c1cc(CO)ccc1C6=O)C3O)C=CC2NC1CCCC1. The number of anilines is 1. The molecule has 24 heteroatoms. The van der Waals surface area contributed by atoms with Crippen LogP contribution in [0.1, 0.15) is 99.4 Å². The number of nitrogens with two attached hydrogens (primary N) is 2. The summed E-state index contributed by atoms with van der Waals surface area (Å²) < 4.78 is 35.5. The van der Waals surface area contributed by atoms with Gasteiger partial charge in [-0.2, -0.15) is 0 Å². The molecule has 6 bridgehead atoms. The maximum atomic E-state index is 15.6. The van der Waals surface area contributed by atoms with Gasteiger partial charge in [-0.25, -0.2) is 0 Å². The zero-order valence-corrected chi connectivity index (χ0v) is 48.8. The summed E-state index contributed by atoms with van der Waals surface area (Å²) in [6, 6.07) is 13.0. The van der Waals surface area contributed by atoms with Gasteiger partial charge in [-0.05, 0) is 72.6 Å². The van der Waals surface area contributed by atoms with Crippen LogP contribution in [0.5, 0.6) is 11.5 Å². The minimum absolute atomic E-state index is 0.0302. The van der Waals surface area contributed by atoms with Gasteiger partial charge in [-0.15, -0.1) is 0 Å². The Bertz CT molecular complexity index is 3350. The highest BCUT2D eigenvalue weighted by Crippen LogP contribution is 2.54. The van der Waals surface area contributed by atoms with Crippen LogP contribution in [0.2, 0.25) is 0 Å². The van der Waals surface area contributed by atoms with Crippen LogP contribution in [0.25, 0.3) is 0 Å². The fourth-order valence-corrected chi connectivity index (χ4v) is 16.9. The first-order chi connectivity index (χ1) is 41.7. The van der Waals surface area contributed by atoms with Crippen molar-refractivity contribution in [2.45, 2.75) is 130 Å². The molecule has 13 rings (SSSR count). The van der Waals surface area contributed by atoms with E-state index < -0.39 is 109 Å². The van der Waals surface area contributed by atoms with E-state index in [4.69, 9.17) is 35.2 Å². The first kappa shape index (κ1) is 59.1. The van der Waals surface area contributed by atoms with Gasteiger partial charge >= 0.3 is 0 Å². The molecule has 86 heavy (non-hydrogen) atoms. The van der Waals surface area contributed by atoms with Crippen molar-refractivity contribution in [1.29, 1.82) is 0 Å². The summed E-state index contributed by atoms with van der Waals surface area (Å²) in [7, 11) is 2.71. The minimum Gasteiger partial charge on any atom is -0.486 e. The van der Waals surface area contributed by atoms with Gasteiger partial charge in [-0.1, -0.05) is 88.8 Å². The highest BCUT2D eigenvalue weighted by atomic mass is 33.1. The molecule has 3 aliphatic carbocycles. The monoisotopic (exact) mass is 1220 g/mol. The summed E-state index contributed by atoms with van der Waals surface area (Å²) >= 11 is 0. The smallest absolute Gasteiger partial charge is 0.242 e. The maximum Gasteiger partial charge on any atom is 0.242 e. The quantitative estimate of drug-likeness (QED) is 0.0384. The summed E-state index contributed by atoms with van der Waals surface area (Å²) in [4.78, 5) is 58.5. The number of fused-ring (bicyclic) bond motifs is 12. The van der Waals surface area contributed by atoms with Gasteiger partial charge in [0.1, 0.15) is 49.4 Å². The molecule has 7 heterocycles. The molecule has 0 aromatic heterocycles. The van der Waals surface area contributed by atoms with Crippen LogP contribution in [0, 0.1) is 29.6 Å². The topological polar surface area (TPSA) is 331 Å². The number of aliphatic hydroxyl groups excluding tert-OH is 4. The second-order valence-electron chi connectivity index (χ2n) is 24.0. The zero-order chi connectivity index (χ0) is 59.6. The van der Waals surface area contributed by atoms with Crippen molar-refractivity contribution in [1.82, 2.24) is 26.6 Å². The molecule has 15 unspecified atom stereocenters. The molecule has 15 atom stereocenters. The number of nitrogens with one attached hydrogen (secondary N) is 5. The molecule has 7 aliphatic heterocycles. The third kappa shape index (κ3) is 10.5. The first-order valence-corrected chi connectivity index (χ1v) is 32.2. The Hall–Kier alpha value is -5.86. The average molecular weight is 1220 g/mol. The number of dihydropyridines is 1. The molecule has 0 radical (unpaired) electrons. The van der Waals surface area contributed by atoms with Crippen molar-refractivity contribution >= 4 is 51.0 Å². The highest BCUT2D eigenvalue weighted by Gasteiger charge is 2.66. The lowest BCUT2D eigenvalue weighted by molar-refractivity contribution is -0.343. The largest absolute Gasteiger partial charge is 0.486 e. The van der Waals surface area contributed by atoms with Crippen molar-refractivity contribution in [3.63, 3.8) is 0 Å². The third-order valence-electron chi connectivity index (χ3n) is 18.8. The van der Waals surface area contributed by atoms with Crippen LogP contribution in [-0.4, -0.2) is 173 Å². The normalized spacial score (nSPS) is 34.2. The van der Waals surface area contributed by atoms with Crippen molar-refractivity contribution in [2.75, 3.05) is 56.0 Å². The van der Waals surface area contributed by atoms with E-state index in [1.165, 1.54) is 33.7 Å². The summed E-state index contributed by atoms with van der Waals surface area (Å²) in [5.41, 5.74) is 12.0. The summed E-state index contributed by atoms with van der Waals surface area (Å²) in [6.45, 7) is -0.928. The summed E-state index contributed by atoms with van der Waals surface area (Å²) in [6.07, 6.45) is 1.94. The molecule has 3 aromatic rings. The van der Waals surface area contributed by atoms with Crippen molar-refractivity contribution in [3.05, 3.63) is 123 Å². The number of para-hydroxylation sites is 1. The van der Waals surface area contributed by atoms with E-state index in [1.807, 2.05) is 29.2 Å². The molecule has 22 nitrogen and oxygen atoms in total. The fourth-order valence-electron chi connectivity index (χ4n) is 14.2. The molecule has 10 aliphatic rings. The number of nitrogens with zero attached hydrogens (tertiary/aromatic N) is 1. The van der Waals surface area contributed by atoms with E-state index in [1.54, 1.807) is 12.1 Å². The number of hydrogen-bond acceptors (Lipinski definition) is 23. The number of carbonyl (C=O) groups is 4. The lowest BCUT2D eigenvalue weighted by Gasteiger charge is -2.54. The van der Waals surface area contributed by atoms with Crippen molar-refractivity contribution < 1.29 is 68.4 Å². The van der Waals surface area contributed by atoms with Gasteiger partial charge in [-0.3, -0.25) is 30.8 Å². The van der Waals surface area contributed by atoms with Crippen LogP contribution in [0.3, 0.4) is 0 Å². The number of ketones is 2. The van der Waals surface area contributed by atoms with E-state index >= 15 is 9.59 Å². The highest BCUT2D eigenvalue weighted by molar-refractivity contribution is 8.76. The summed E-state index contributed by atoms with van der Waals surface area (Å²) in [5, 5.41) is 77.6. The van der Waals surface area contributed by atoms with E-state index in [2.05, 4.69) is 56.7 Å². The van der Waals surface area contributed by atoms with Gasteiger partial charge < -0.3 is 80.6 Å². The molecule has 1 amide bonds. The molecule has 14 N–H and O–H groups in total. The van der Waals surface area contributed by atoms with Gasteiger partial charge in [0.15, 0.2) is 34.3 Å². The second-order valence-corrected chi connectivity index (χ2v) is 26.5. The number of benzene rings is 3. The molecular weight excluding hydrogens is 1140 g/mol. The molecule has 456 valence electrons. The lowest BCUT2D eigenvalue weighted by atomic mass is 9.74. The number of hydrogen-bond donors (Lipinski definition) is 12. The standard InChI is InChI=1S/C62H72N8O14S2/c63-55-48-37(16-19-65-55)32(10-13-43(48)67-35-5-1-2-6-35)25-82-62-29-86-85-28-34-15-18-61(79,58(62)78)46-27-80-24-33(11-14-45(34)74)47(39-7-3-4-8-44(39)70-30-66-50-56(70)68-60(64)69-57(50)77)42-22-41-49(52(76)40-21-31(23-72)9-12-38(40)51(41)75)54(53(42)84-59(62)83-46)81-26-36(73)17-20-71/h3-4,7-10,12-13,16,20-22,32-36,43,45-47,50,56,58-60,65-68,72-74,78-79H,1-2,5-6,11,14,17,19,23-30,63-64H2,(H,69,77). The Morgan fingerprint density at radius 2 is 1.83 bits per heavy atom. The molecule has 3 saturated heterocycles. The number of rotatable bonds is 13. The predicted molar refractivity (Wildman–Crippen MR) is 317 cm³/mol. The molecule has 0 spiro atoms. The Morgan fingerprint density at radius 3 is 2.65 bits per heavy atom. The average Bonchev–Trinajstić information content (AvgIpc) is 2.39. The zero-order valence-electron chi connectivity index (χ0n) is 47.2. The van der Waals surface area contributed by atoms with Crippen molar-refractivity contribution in [2.24, 2.45) is 29.2 Å². The van der Waals surface area contributed by atoms with Crippen LogP contribution >= 0.6 is 21.6 Å². The van der Waals surface area contributed by atoms with Gasteiger partial charge in [0, 0.05) is 75.9 Å². The van der Waals surface area contributed by atoms with E-state index in [-0.39, 0.29) is 103 Å². The van der Waals surface area contributed by atoms with Crippen molar-refractivity contribution in [3.8, 4) is 23.3 Å². The Morgan fingerprint density at radius 1 is 0.988 bits per heavy atom. The number of aldehydes is 1. The fraction of sp³-hybridized carbons (Fsp3) is 0.516. The van der Waals surface area contributed by atoms with Gasteiger partial charge in [0.05, 0.1) is 62.8 Å². The molecule has 3 aromatic carbocycles. The first-order valence-electron chi connectivity index (χ1n) is 29.7. The lowest BCUT2D eigenvalue weighted by Crippen LogP contribution is -2.75.